The zero-order valence-electron chi connectivity index (χ0n) is 33.5. The molecule has 62 heavy (non-hydrogen) atoms. The second kappa shape index (κ2) is 21.9. The van der Waals surface area contributed by atoms with E-state index in [1.54, 1.807) is 0 Å². The van der Waals surface area contributed by atoms with Crippen molar-refractivity contribution in [2.75, 3.05) is 0 Å². The summed E-state index contributed by atoms with van der Waals surface area (Å²) in [4.78, 5) is 0. The molecule has 0 atom stereocenters. The van der Waals surface area contributed by atoms with E-state index >= 15 is 0 Å². The van der Waals surface area contributed by atoms with Gasteiger partial charge in [-0.1, -0.05) is 170 Å². The van der Waals surface area contributed by atoms with Crippen LogP contribution < -0.4 is 31.8 Å². The third-order valence-corrected chi connectivity index (χ3v) is 19.2. The molecule has 8 rings (SSSR count). The van der Waals surface area contributed by atoms with Crippen LogP contribution in [0, 0.1) is 0 Å². The lowest BCUT2D eigenvalue weighted by atomic mass is 10.2. The molecule has 8 aromatic rings. The standard InChI is InChI=1S/2C25H22P.H2O8S2/c2*1-5-13-22(14-6-1)21-26(23-15-7-2-8-16-23,24-17-9-3-10-18-24)25-19-11-4-12-20-25;1-9(2,3)7-8-10(4,5)6/h2*1-20H,21H2;(H,1,2,3)(H,4,5,6)/q2*+1;/p-2. The number of benzene rings is 8. The summed E-state index contributed by atoms with van der Waals surface area (Å²) in [6.45, 7) is 0. The van der Waals surface area contributed by atoms with Gasteiger partial charge in [0.2, 0.25) is 20.8 Å². The van der Waals surface area contributed by atoms with E-state index in [1.165, 1.54) is 43.0 Å². The highest BCUT2D eigenvalue weighted by atomic mass is 32.3. The largest absolute Gasteiger partial charge is 0.724 e. The Bertz CT molecular complexity index is 2370. The minimum Gasteiger partial charge on any atom is -0.724 e. The van der Waals surface area contributed by atoms with Crippen LogP contribution in [0.1, 0.15) is 11.1 Å². The summed E-state index contributed by atoms with van der Waals surface area (Å²) < 4.78 is 61.5. The second-order valence-electron chi connectivity index (χ2n) is 13.9. The molecular weight excluding hydrogens is 855 g/mol. The van der Waals surface area contributed by atoms with Crippen LogP contribution in [-0.4, -0.2) is 25.9 Å². The van der Waals surface area contributed by atoms with Gasteiger partial charge in [0.05, 0.1) is 12.3 Å². The minimum atomic E-state index is -5.31. The van der Waals surface area contributed by atoms with E-state index in [-0.39, 0.29) is 0 Å². The fourth-order valence-corrected chi connectivity index (χ4v) is 16.4. The van der Waals surface area contributed by atoms with E-state index in [1.807, 2.05) is 0 Å². The molecule has 0 fully saturated rings. The molecule has 12 heteroatoms. The van der Waals surface area contributed by atoms with E-state index in [2.05, 4.69) is 251 Å². The molecule has 0 aliphatic carbocycles. The Morgan fingerprint density at radius 1 is 0.290 bits per heavy atom. The third-order valence-electron chi connectivity index (χ3n) is 9.90. The van der Waals surface area contributed by atoms with Crippen molar-refractivity contribution in [3.8, 4) is 0 Å². The van der Waals surface area contributed by atoms with Gasteiger partial charge in [-0.05, 0) is 83.9 Å². The Morgan fingerprint density at radius 2 is 0.452 bits per heavy atom. The van der Waals surface area contributed by atoms with Gasteiger partial charge in [0.15, 0.2) is 0 Å². The number of hydrogen-bond donors (Lipinski definition) is 0. The normalized spacial score (nSPS) is 11.6. The maximum absolute atomic E-state index is 9.37. The van der Waals surface area contributed by atoms with Gasteiger partial charge in [0.1, 0.15) is 46.4 Å². The average Bonchev–Trinajstić information content (AvgIpc) is 3.32. The molecule has 8 nitrogen and oxygen atoms in total. The molecule has 0 N–H and O–H groups in total. The Hall–Kier alpha value is -5.64. The lowest BCUT2D eigenvalue weighted by Gasteiger charge is -2.27. The molecule has 0 amide bonds. The van der Waals surface area contributed by atoms with Gasteiger partial charge in [0.25, 0.3) is 0 Å². The van der Waals surface area contributed by atoms with Crippen molar-refractivity contribution in [1.29, 1.82) is 0 Å². The van der Waals surface area contributed by atoms with E-state index in [9.17, 15) is 25.9 Å². The molecular formula is C50H44O8P2S2. The van der Waals surface area contributed by atoms with Crippen molar-refractivity contribution in [3.05, 3.63) is 254 Å². The summed E-state index contributed by atoms with van der Waals surface area (Å²) in [5, 5.41) is 8.59. The highest BCUT2D eigenvalue weighted by molar-refractivity contribution is 7.95. The SMILES string of the molecule is O=S(=O)([O-])OOS(=O)(=O)[O-].c1ccc(C[P+](c2ccccc2)(c2ccccc2)c2ccccc2)cc1.c1ccc(C[P+](c2ccccc2)(c2ccccc2)c2ccccc2)cc1. The molecule has 0 saturated heterocycles. The van der Waals surface area contributed by atoms with Crippen molar-refractivity contribution in [2.45, 2.75) is 12.3 Å². The Balaban J connectivity index is 0.000000171. The van der Waals surface area contributed by atoms with Crippen LogP contribution in [0.5, 0.6) is 0 Å². The predicted molar refractivity (Wildman–Crippen MR) is 252 cm³/mol. The maximum Gasteiger partial charge on any atom is 0.246 e. The summed E-state index contributed by atoms with van der Waals surface area (Å²) in [7, 11) is -14.2. The van der Waals surface area contributed by atoms with Crippen LogP contribution in [0.2, 0.25) is 0 Å². The Labute approximate surface area is 366 Å². The van der Waals surface area contributed by atoms with Gasteiger partial charge in [-0.2, -0.15) is 0 Å². The quantitative estimate of drug-likeness (QED) is 0.0372. The van der Waals surface area contributed by atoms with Crippen LogP contribution in [0.25, 0.3) is 0 Å². The van der Waals surface area contributed by atoms with Gasteiger partial charge >= 0.3 is 0 Å². The second-order valence-corrected chi connectivity index (χ2v) is 22.7. The van der Waals surface area contributed by atoms with E-state index in [4.69, 9.17) is 0 Å². The Kier molecular flexibility index (Phi) is 16.2. The minimum absolute atomic E-state index is 1.03. The summed E-state index contributed by atoms with van der Waals surface area (Å²) >= 11 is 0. The van der Waals surface area contributed by atoms with Gasteiger partial charge < -0.3 is 9.11 Å². The lowest BCUT2D eigenvalue weighted by Crippen LogP contribution is -2.32. The van der Waals surface area contributed by atoms with E-state index in [0.29, 0.717) is 0 Å². The molecule has 0 aromatic heterocycles. The van der Waals surface area contributed by atoms with Crippen LogP contribution in [0.4, 0.5) is 0 Å². The molecule has 0 bridgehead atoms. The zero-order valence-corrected chi connectivity index (χ0v) is 36.9. The molecule has 0 spiro atoms. The van der Waals surface area contributed by atoms with Gasteiger partial charge in [-0.15, -0.1) is 8.67 Å². The molecule has 0 unspecified atom stereocenters. The summed E-state index contributed by atoms with van der Waals surface area (Å²) in [5.74, 6) is 0. The first-order valence-electron chi connectivity index (χ1n) is 19.5. The van der Waals surface area contributed by atoms with Crippen LogP contribution >= 0.6 is 14.5 Å². The number of rotatable bonds is 13. The van der Waals surface area contributed by atoms with E-state index < -0.39 is 35.3 Å². The van der Waals surface area contributed by atoms with Crippen molar-refractivity contribution >= 4 is 67.2 Å². The molecule has 0 saturated carbocycles. The molecule has 0 aliphatic heterocycles. The Morgan fingerprint density at radius 3 is 0.613 bits per heavy atom. The summed E-state index contributed by atoms with van der Waals surface area (Å²) in [5.41, 5.74) is 2.77. The van der Waals surface area contributed by atoms with Gasteiger partial charge in [-0.3, -0.25) is 0 Å². The van der Waals surface area contributed by atoms with Crippen molar-refractivity contribution in [1.82, 2.24) is 0 Å². The highest BCUT2D eigenvalue weighted by Gasteiger charge is 2.46. The van der Waals surface area contributed by atoms with E-state index in [0.717, 1.165) is 12.3 Å². The molecule has 0 heterocycles. The van der Waals surface area contributed by atoms with Crippen LogP contribution in [0.3, 0.4) is 0 Å². The molecule has 0 aliphatic rings. The van der Waals surface area contributed by atoms with Crippen LogP contribution in [-0.2, 0) is 41.8 Å². The maximum atomic E-state index is 9.37. The number of hydrogen-bond acceptors (Lipinski definition) is 8. The van der Waals surface area contributed by atoms with Gasteiger partial charge in [-0.25, -0.2) is 16.8 Å². The monoisotopic (exact) mass is 898 g/mol. The predicted octanol–water partition coefficient (Wildman–Crippen LogP) is 8.22. The fraction of sp³-hybridized carbons (Fsp3) is 0.0400. The van der Waals surface area contributed by atoms with Crippen molar-refractivity contribution in [3.63, 3.8) is 0 Å². The zero-order chi connectivity index (χ0) is 43.7. The smallest absolute Gasteiger partial charge is 0.246 e. The molecule has 8 aromatic carbocycles. The summed E-state index contributed by atoms with van der Waals surface area (Å²) in [6.07, 6.45) is 2.07. The average molecular weight is 899 g/mol. The first-order chi connectivity index (χ1) is 30.0. The first kappa shape index (κ1) is 45.9. The molecule has 314 valence electrons. The topological polar surface area (TPSA) is 133 Å². The van der Waals surface area contributed by atoms with Crippen molar-refractivity contribution in [2.24, 2.45) is 0 Å². The summed E-state index contributed by atoms with van der Waals surface area (Å²) in [6, 6.07) is 88.1. The lowest BCUT2D eigenvalue weighted by molar-refractivity contribution is -0.107. The first-order valence-corrected chi connectivity index (χ1v) is 26.1. The van der Waals surface area contributed by atoms with Crippen molar-refractivity contribution < 1.29 is 34.6 Å². The fourth-order valence-electron chi connectivity index (χ4n) is 7.32. The third kappa shape index (κ3) is 12.5. The molecule has 0 radical (unpaired) electrons. The van der Waals surface area contributed by atoms with Gasteiger partial charge in [0, 0.05) is 0 Å². The highest BCUT2D eigenvalue weighted by Crippen LogP contribution is 2.59. The van der Waals surface area contributed by atoms with Crippen LogP contribution in [0.15, 0.2) is 243 Å².